The molecule has 0 bridgehead atoms. The van der Waals surface area contributed by atoms with Gasteiger partial charge in [0.2, 0.25) is 0 Å². The van der Waals surface area contributed by atoms with Crippen molar-refractivity contribution < 1.29 is 10.2 Å². The summed E-state index contributed by atoms with van der Waals surface area (Å²) in [5.41, 5.74) is 5.90. The van der Waals surface area contributed by atoms with Crippen molar-refractivity contribution in [1.29, 1.82) is 0 Å². The van der Waals surface area contributed by atoms with Gasteiger partial charge in [0.1, 0.15) is 6.10 Å². The summed E-state index contributed by atoms with van der Waals surface area (Å²) < 4.78 is 0.834. The number of aliphatic hydroxyl groups is 2. The summed E-state index contributed by atoms with van der Waals surface area (Å²) in [6.45, 7) is -0.265. The Kier molecular flexibility index (Phi) is 3.80. The number of aliphatic hydroxyl groups excluding tert-OH is 2. The van der Waals surface area contributed by atoms with Gasteiger partial charge in [-0.25, -0.2) is 0 Å². The summed E-state index contributed by atoms with van der Waals surface area (Å²) in [7, 11) is 0. The topological polar surface area (TPSA) is 79.4 Å². The normalized spacial score (nSPS) is 15.4. The highest BCUT2D eigenvalue weighted by Crippen LogP contribution is 2.15. The van der Waals surface area contributed by atoms with E-state index in [1.54, 1.807) is 18.3 Å². The predicted molar refractivity (Wildman–Crippen MR) is 52.0 cm³/mol. The second-order valence-corrected chi connectivity index (χ2v) is 3.61. The average molecular weight is 247 g/mol. The highest BCUT2D eigenvalue weighted by Gasteiger charge is 2.16. The van der Waals surface area contributed by atoms with Gasteiger partial charge >= 0.3 is 0 Å². The van der Waals surface area contributed by atoms with Gasteiger partial charge in [0, 0.05) is 10.7 Å². The van der Waals surface area contributed by atoms with Crippen molar-refractivity contribution >= 4 is 15.9 Å². The quantitative estimate of drug-likeness (QED) is 0.712. The molecule has 0 aliphatic rings. The third kappa shape index (κ3) is 2.73. The van der Waals surface area contributed by atoms with Gasteiger partial charge in [-0.05, 0) is 28.1 Å². The van der Waals surface area contributed by atoms with Crippen LogP contribution < -0.4 is 5.73 Å². The number of hydrogen-bond acceptors (Lipinski definition) is 4. The van der Waals surface area contributed by atoms with E-state index in [1.165, 1.54) is 0 Å². The summed E-state index contributed by atoms with van der Waals surface area (Å²) in [4.78, 5) is 3.96. The summed E-state index contributed by atoms with van der Waals surface area (Å²) in [6, 6.07) is 2.73. The van der Waals surface area contributed by atoms with E-state index in [0.717, 1.165) is 4.47 Å². The Morgan fingerprint density at radius 3 is 2.69 bits per heavy atom. The van der Waals surface area contributed by atoms with Crippen molar-refractivity contribution in [3.8, 4) is 0 Å². The lowest BCUT2D eigenvalue weighted by Crippen LogP contribution is -2.32. The minimum atomic E-state index is -0.918. The van der Waals surface area contributed by atoms with Crippen LogP contribution >= 0.6 is 15.9 Å². The molecular weight excluding hydrogens is 236 g/mol. The molecule has 13 heavy (non-hydrogen) atoms. The first-order chi connectivity index (χ1) is 6.15. The fourth-order valence-corrected chi connectivity index (χ4v) is 1.12. The number of rotatable bonds is 3. The predicted octanol–water partition coefficient (Wildman–Crippen LogP) is 0.197. The molecule has 0 fully saturated rings. The summed E-state index contributed by atoms with van der Waals surface area (Å²) >= 11 is 3.22. The molecule has 0 saturated carbocycles. The zero-order valence-corrected chi connectivity index (χ0v) is 8.48. The number of nitrogens with zero attached hydrogens (tertiary/aromatic N) is 1. The van der Waals surface area contributed by atoms with Crippen LogP contribution in [0.25, 0.3) is 0 Å². The highest BCUT2D eigenvalue weighted by atomic mass is 79.9. The number of nitrogens with two attached hydrogens (primary N) is 1. The van der Waals surface area contributed by atoms with E-state index >= 15 is 0 Å². The maximum Gasteiger partial charge on any atom is 0.113 e. The fraction of sp³-hybridized carbons (Fsp3) is 0.375. The van der Waals surface area contributed by atoms with E-state index in [0.29, 0.717) is 5.69 Å². The van der Waals surface area contributed by atoms with Crippen LogP contribution in [0, 0.1) is 0 Å². The minimum Gasteiger partial charge on any atom is -0.395 e. The number of pyridine rings is 1. The van der Waals surface area contributed by atoms with Gasteiger partial charge in [0.05, 0.1) is 18.3 Å². The molecule has 72 valence electrons. The molecule has 0 amide bonds. The van der Waals surface area contributed by atoms with E-state index in [1.807, 2.05) is 0 Å². The molecule has 0 saturated heterocycles. The number of hydrogen-bond donors (Lipinski definition) is 3. The third-order valence-corrected chi connectivity index (χ3v) is 2.14. The van der Waals surface area contributed by atoms with Crippen LogP contribution in [0.5, 0.6) is 0 Å². The largest absolute Gasteiger partial charge is 0.395 e. The second-order valence-electron chi connectivity index (χ2n) is 2.69. The van der Waals surface area contributed by atoms with Crippen molar-refractivity contribution in [3.63, 3.8) is 0 Å². The molecule has 0 aromatic carbocycles. The molecule has 4 nitrogen and oxygen atoms in total. The van der Waals surface area contributed by atoms with Crippen LogP contribution in [0.1, 0.15) is 11.8 Å². The zero-order chi connectivity index (χ0) is 9.84. The molecule has 4 N–H and O–H groups in total. The molecule has 2 atom stereocenters. The Hall–Kier alpha value is -0.490. The number of halogens is 1. The SMILES string of the molecule is NC(CO)C(O)c1ccc(Br)cn1. The van der Waals surface area contributed by atoms with Gasteiger partial charge in [-0.3, -0.25) is 4.98 Å². The minimum absolute atomic E-state index is 0.265. The van der Waals surface area contributed by atoms with Crippen molar-refractivity contribution in [2.75, 3.05) is 6.61 Å². The van der Waals surface area contributed by atoms with Crippen LogP contribution in [0.2, 0.25) is 0 Å². The molecule has 1 heterocycles. The van der Waals surface area contributed by atoms with Crippen molar-refractivity contribution in [1.82, 2.24) is 4.98 Å². The molecule has 0 spiro atoms. The maximum absolute atomic E-state index is 9.52. The average Bonchev–Trinajstić information content (AvgIpc) is 2.17. The van der Waals surface area contributed by atoms with E-state index in [4.69, 9.17) is 10.8 Å². The summed E-state index contributed by atoms with van der Waals surface area (Å²) in [5, 5.41) is 18.2. The van der Waals surface area contributed by atoms with Crippen LogP contribution in [0.15, 0.2) is 22.8 Å². The van der Waals surface area contributed by atoms with Gasteiger partial charge in [0.15, 0.2) is 0 Å². The third-order valence-electron chi connectivity index (χ3n) is 1.67. The smallest absolute Gasteiger partial charge is 0.113 e. The van der Waals surface area contributed by atoms with Crippen LogP contribution in [0.3, 0.4) is 0 Å². The monoisotopic (exact) mass is 246 g/mol. The lowest BCUT2D eigenvalue weighted by atomic mass is 10.1. The van der Waals surface area contributed by atoms with Crippen molar-refractivity contribution in [3.05, 3.63) is 28.5 Å². The Balaban J connectivity index is 2.77. The second kappa shape index (κ2) is 4.66. The summed E-state index contributed by atoms with van der Waals surface area (Å²) in [6.07, 6.45) is 0.654. The standard InChI is InChI=1S/C8H11BrN2O2/c9-5-1-2-7(11-3-5)8(13)6(10)4-12/h1-3,6,8,12-13H,4,10H2. The molecule has 0 radical (unpaired) electrons. The van der Waals surface area contributed by atoms with Crippen LogP contribution in [-0.2, 0) is 0 Å². The Bertz CT molecular complexity index is 265. The molecular formula is C8H11BrN2O2. The Morgan fingerprint density at radius 2 is 2.23 bits per heavy atom. The molecule has 5 heteroatoms. The Labute approximate surface area is 84.5 Å². The van der Waals surface area contributed by atoms with E-state index < -0.39 is 12.1 Å². The van der Waals surface area contributed by atoms with Gasteiger partial charge < -0.3 is 15.9 Å². The zero-order valence-electron chi connectivity index (χ0n) is 6.89. The molecule has 1 aromatic heterocycles. The molecule has 0 aliphatic heterocycles. The van der Waals surface area contributed by atoms with E-state index in [9.17, 15) is 5.11 Å². The fourth-order valence-electron chi connectivity index (χ4n) is 0.881. The lowest BCUT2D eigenvalue weighted by Gasteiger charge is -2.15. The van der Waals surface area contributed by atoms with Gasteiger partial charge in [0.25, 0.3) is 0 Å². The lowest BCUT2D eigenvalue weighted by molar-refractivity contribution is 0.106. The molecule has 1 rings (SSSR count). The van der Waals surface area contributed by atoms with Crippen molar-refractivity contribution in [2.24, 2.45) is 5.73 Å². The first-order valence-electron chi connectivity index (χ1n) is 3.81. The van der Waals surface area contributed by atoms with Gasteiger partial charge in [-0.15, -0.1) is 0 Å². The van der Waals surface area contributed by atoms with Crippen LogP contribution in [-0.4, -0.2) is 27.8 Å². The molecule has 0 aliphatic carbocycles. The first-order valence-corrected chi connectivity index (χ1v) is 4.60. The van der Waals surface area contributed by atoms with Gasteiger partial charge in [-0.2, -0.15) is 0 Å². The molecule has 1 aromatic rings. The molecule has 2 unspecified atom stereocenters. The Morgan fingerprint density at radius 1 is 1.54 bits per heavy atom. The first kappa shape index (κ1) is 10.6. The summed E-state index contributed by atoms with van der Waals surface area (Å²) in [5.74, 6) is 0. The van der Waals surface area contributed by atoms with E-state index in [2.05, 4.69) is 20.9 Å². The van der Waals surface area contributed by atoms with Crippen LogP contribution in [0.4, 0.5) is 0 Å². The van der Waals surface area contributed by atoms with Crippen molar-refractivity contribution in [2.45, 2.75) is 12.1 Å². The number of aromatic nitrogens is 1. The van der Waals surface area contributed by atoms with E-state index in [-0.39, 0.29) is 6.61 Å². The van der Waals surface area contributed by atoms with Gasteiger partial charge in [-0.1, -0.05) is 0 Å². The maximum atomic E-state index is 9.52. The highest BCUT2D eigenvalue weighted by molar-refractivity contribution is 9.10.